The quantitative estimate of drug-likeness (QED) is 0.146. The van der Waals surface area contributed by atoms with Crippen molar-refractivity contribution in [1.29, 1.82) is 0 Å². The molecule has 1 aliphatic rings. The standard InChI is InChI=1S/C18H24ClNO4S2/c1-4-14(15(19)5-2)17(18(23)24-3)20-8-6-16(26-25-11-10-22)13(12-20)7-9-21/h4-5,7,9,16-17,22H,1-2,6,8,10-12H2,3H3/b13-7-,15-14-. The van der Waals surface area contributed by atoms with Crippen molar-refractivity contribution in [2.75, 3.05) is 32.6 Å². The molecule has 0 spiro atoms. The number of aliphatic hydroxyl groups is 1. The minimum Gasteiger partial charge on any atom is -0.468 e. The lowest BCUT2D eigenvalue weighted by Gasteiger charge is -2.38. The van der Waals surface area contributed by atoms with E-state index in [-0.39, 0.29) is 11.9 Å². The second-order valence-corrected chi connectivity index (χ2v) is 8.50. The maximum atomic E-state index is 12.4. The molecule has 0 bridgehead atoms. The zero-order valence-corrected chi connectivity index (χ0v) is 17.1. The summed E-state index contributed by atoms with van der Waals surface area (Å²) in [6.07, 6.45) is 6.06. The summed E-state index contributed by atoms with van der Waals surface area (Å²) in [5, 5.41) is 9.42. The fourth-order valence-corrected chi connectivity index (χ4v) is 5.33. The summed E-state index contributed by atoms with van der Waals surface area (Å²) >= 11 is 6.21. The zero-order chi connectivity index (χ0) is 19.5. The number of hydrogen-bond acceptors (Lipinski definition) is 7. The first-order valence-electron chi connectivity index (χ1n) is 8.03. The molecule has 0 aromatic heterocycles. The molecule has 2 unspecified atom stereocenters. The van der Waals surface area contributed by atoms with Gasteiger partial charge in [0.25, 0.3) is 0 Å². The predicted molar refractivity (Wildman–Crippen MR) is 110 cm³/mol. The topological polar surface area (TPSA) is 66.8 Å². The van der Waals surface area contributed by atoms with E-state index in [0.717, 1.165) is 18.3 Å². The smallest absolute Gasteiger partial charge is 0.327 e. The summed E-state index contributed by atoms with van der Waals surface area (Å²) in [7, 11) is 4.53. The van der Waals surface area contributed by atoms with Crippen LogP contribution < -0.4 is 0 Å². The van der Waals surface area contributed by atoms with Crippen molar-refractivity contribution in [3.05, 3.63) is 47.6 Å². The van der Waals surface area contributed by atoms with E-state index in [2.05, 4.69) is 13.2 Å². The molecule has 5 nitrogen and oxygen atoms in total. The number of likely N-dealkylation sites (tertiary alicyclic amines) is 1. The molecular formula is C18H24ClNO4S2. The van der Waals surface area contributed by atoms with E-state index in [9.17, 15) is 9.59 Å². The fourth-order valence-electron chi connectivity index (χ4n) is 2.67. The monoisotopic (exact) mass is 417 g/mol. The molecule has 0 aliphatic carbocycles. The van der Waals surface area contributed by atoms with E-state index in [0.29, 0.717) is 29.4 Å². The molecule has 2 atom stereocenters. The Labute approximate surface area is 167 Å². The van der Waals surface area contributed by atoms with Crippen molar-refractivity contribution in [3.63, 3.8) is 0 Å². The molecule has 1 saturated heterocycles. The summed E-state index contributed by atoms with van der Waals surface area (Å²) < 4.78 is 4.96. The largest absolute Gasteiger partial charge is 0.468 e. The van der Waals surface area contributed by atoms with Gasteiger partial charge in [0, 0.05) is 29.1 Å². The van der Waals surface area contributed by atoms with E-state index in [1.165, 1.54) is 19.3 Å². The maximum Gasteiger partial charge on any atom is 0.327 e. The van der Waals surface area contributed by atoms with Gasteiger partial charge in [0.05, 0.1) is 13.7 Å². The van der Waals surface area contributed by atoms with Crippen LogP contribution in [0.3, 0.4) is 0 Å². The van der Waals surface area contributed by atoms with Gasteiger partial charge in [0.15, 0.2) is 0 Å². The van der Waals surface area contributed by atoms with Crippen molar-refractivity contribution in [3.8, 4) is 0 Å². The van der Waals surface area contributed by atoms with Crippen LogP contribution in [-0.4, -0.2) is 66.1 Å². The highest BCUT2D eigenvalue weighted by molar-refractivity contribution is 8.77. The van der Waals surface area contributed by atoms with Crippen LogP contribution in [0, 0.1) is 0 Å². The maximum absolute atomic E-state index is 12.4. The Morgan fingerprint density at radius 1 is 1.50 bits per heavy atom. The minimum absolute atomic E-state index is 0.112. The van der Waals surface area contributed by atoms with Crippen molar-refractivity contribution in [1.82, 2.24) is 4.90 Å². The molecule has 26 heavy (non-hydrogen) atoms. The number of aliphatic hydroxyl groups excluding tert-OH is 1. The number of allylic oxidation sites excluding steroid dienone is 3. The van der Waals surface area contributed by atoms with Crippen LogP contribution in [0.1, 0.15) is 6.42 Å². The molecule has 1 heterocycles. The van der Waals surface area contributed by atoms with Gasteiger partial charge in [0.2, 0.25) is 0 Å². The van der Waals surface area contributed by atoms with Crippen LogP contribution in [0.2, 0.25) is 0 Å². The van der Waals surface area contributed by atoms with Crippen LogP contribution >= 0.6 is 33.2 Å². The third kappa shape index (κ3) is 6.32. The molecule has 1 aliphatic heterocycles. The first-order chi connectivity index (χ1) is 12.5. The average molecular weight is 418 g/mol. The van der Waals surface area contributed by atoms with Gasteiger partial charge in [-0.25, -0.2) is 4.79 Å². The number of piperidine rings is 1. The molecular weight excluding hydrogens is 394 g/mol. The first kappa shape index (κ1) is 23.0. The van der Waals surface area contributed by atoms with Crippen molar-refractivity contribution >= 4 is 45.4 Å². The number of aldehydes is 1. The highest BCUT2D eigenvalue weighted by Gasteiger charge is 2.35. The number of nitrogens with zero attached hydrogens (tertiary/aromatic N) is 1. The number of methoxy groups -OCH3 is 1. The number of esters is 1. The van der Waals surface area contributed by atoms with Gasteiger partial charge in [-0.05, 0) is 23.6 Å². The summed E-state index contributed by atoms with van der Waals surface area (Å²) in [4.78, 5) is 25.4. The summed E-state index contributed by atoms with van der Waals surface area (Å²) in [6.45, 7) is 8.59. The average Bonchev–Trinajstić information content (AvgIpc) is 2.66. The number of rotatable bonds is 10. The highest BCUT2D eigenvalue weighted by atomic mass is 35.5. The molecule has 1 rings (SSSR count). The summed E-state index contributed by atoms with van der Waals surface area (Å²) in [5.41, 5.74) is 1.45. The SMILES string of the molecule is C=C/C(Cl)=C(\C=C)C(C(=O)OC)N1CCC(SSCCO)/C(=C\C=O)C1. The number of ether oxygens (including phenoxy) is 1. The van der Waals surface area contributed by atoms with Gasteiger partial charge in [-0.1, -0.05) is 58.5 Å². The van der Waals surface area contributed by atoms with Gasteiger partial charge >= 0.3 is 5.97 Å². The predicted octanol–water partition coefficient (Wildman–Crippen LogP) is 2.97. The fraction of sp³-hybridized carbons (Fsp3) is 0.444. The third-order valence-electron chi connectivity index (χ3n) is 3.88. The van der Waals surface area contributed by atoms with Gasteiger partial charge < -0.3 is 9.84 Å². The Balaban J connectivity index is 3.09. The van der Waals surface area contributed by atoms with Crippen molar-refractivity contribution in [2.45, 2.75) is 17.7 Å². The second kappa shape index (κ2) is 12.4. The van der Waals surface area contributed by atoms with Gasteiger partial charge in [-0.15, -0.1) is 0 Å². The molecule has 1 fully saturated rings. The van der Waals surface area contributed by atoms with E-state index in [1.54, 1.807) is 27.7 Å². The van der Waals surface area contributed by atoms with Crippen molar-refractivity contribution < 1.29 is 19.4 Å². The molecule has 0 radical (unpaired) electrons. The normalized spacial score (nSPS) is 21.7. The Kier molecular flexibility index (Phi) is 11.0. The molecule has 0 amide bonds. The van der Waals surface area contributed by atoms with Crippen LogP contribution in [0.15, 0.2) is 47.6 Å². The van der Waals surface area contributed by atoms with Gasteiger partial charge in [0.1, 0.15) is 12.3 Å². The van der Waals surface area contributed by atoms with E-state index in [1.807, 2.05) is 4.90 Å². The first-order valence-corrected chi connectivity index (χ1v) is 10.8. The van der Waals surface area contributed by atoms with Crippen LogP contribution in [0.5, 0.6) is 0 Å². The highest BCUT2D eigenvalue weighted by Crippen LogP contribution is 2.37. The Morgan fingerprint density at radius 3 is 2.77 bits per heavy atom. The number of carbonyl (C=O) groups excluding carboxylic acids is 2. The molecule has 1 N–H and O–H groups in total. The lowest BCUT2D eigenvalue weighted by molar-refractivity contribution is -0.145. The second-order valence-electron chi connectivity index (χ2n) is 5.40. The van der Waals surface area contributed by atoms with Crippen LogP contribution in [0.4, 0.5) is 0 Å². The van der Waals surface area contributed by atoms with Gasteiger partial charge in [-0.2, -0.15) is 0 Å². The lowest BCUT2D eigenvalue weighted by atomic mass is 9.98. The van der Waals surface area contributed by atoms with Gasteiger partial charge in [-0.3, -0.25) is 9.69 Å². The summed E-state index contributed by atoms with van der Waals surface area (Å²) in [6, 6.07) is -0.714. The van der Waals surface area contributed by atoms with Crippen LogP contribution in [-0.2, 0) is 14.3 Å². The Bertz CT molecular complexity index is 592. The number of carbonyl (C=O) groups is 2. The number of hydrogen-bond donors (Lipinski definition) is 1. The van der Waals surface area contributed by atoms with E-state index < -0.39 is 12.0 Å². The molecule has 0 saturated carbocycles. The Morgan fingerprint density at radius 2 is 2.23 bits per heavy atom. The van der Waals surface area contributed by atoms with Crippen molar-refractivity contribution in [2.24, 2.45) is 0 Å². The number of halogens is 1. The van der Waals surface area contributed by atoms with E-state index >= 15 is 0 Å². The molecule has 0 aromatic rings. The summed E-state index contributed by atoms with van der Waals surface area (Å²) in [5.74, 6) is 0.189. The zero-order valence-electron chi connectivity index (χ0n) is 14.7. The third-order valence-corrected chi connectivity index (χ3v) is 7.11. The Hall–Kier alpha value is -0.990. The lowest BCUT2D eigenvalue weighted by Crippen LogP contribution is -2.48. The van der Waals surface area contributed by atoms with Crippen LogP contribution in [0.25, 0.3) is 0 Å². The molecule has 144 valence electrons. The minimum atomic E-state index is -0.714. The van der Waals surface area contributed by atoms with E-state index in [4.69, 9.17) is 21.4 Å². The molecule has 8 heteroatoms. The molecule has 0 aromatic carbocycles.